The molecule has 2 atom stereocenters. The van der Waals surface area contributed by atoms with Crippen molar-refractivity contribution in [3.8, 4) is 0 Å². The van der Waals surface area contributed by atoms with E-state index in [1.54, 1.807) is 30.9 Å². The number of anilines is 2. The van der Waals surface area contributed by atoms with Crippen LogP contribution in [0.5, 0.6) is 0 Å². The molecule has 0 radical (unpaired) electrons. The summed E-state index contributed by atoms with van der Waals surface area (Å²) in [4.78, 5) is 28.2. The average molecular weight is 419 g/mol. The van der Waals surface area contributed by atoms with Gasteiger partial charge in [-0.05, 0) is 26.0 Å². The first kappa shape index (κ1) is 19.4. The monoisotopic (exact) mass is 419 g/mol. The first-order valence-electron chi connectivity index (χ1n) is 10.2. The van der Waals surface area contributed by atoms with Gasteiger partial charge in [-0.3, -0.25) is 14.8 Å². The van der Waals surface area contributed by atoms with Gasteiger partial charge < -0.3 is 19.9 Å². The van der Waals surface area contributed by atoms with Gasteiger partial charge in [0.05, 0.1) is 16.9 Å². The Labute approximate surface area is 178 Å². The average Bonchev–Trinajstić information content (AvgIpc) is 3.21. The van der Waals surface area contributed by atoms with Gasteiger partial charge in [0, 0.05) is 62.2 Å². The van der Waals surface area contributed by atoms with Crippen LogP contribution < -0.4 is 15.5 Å². The van der Waals surface area contributed by atoms with Crippen molar-refractivity contribution in [1.29, 1.82) is 0 Å². The minimum atomic E-state index is -0.509. The van der Waals surface area contributed by atoms with Gasteiger partial charge in [0.25, 0.3) is 5.91 Å². The molecule has 31 heavy (non-hydrogen) atoms. The number of nitrogens with one attached hydrogen (secondary N) is 2. The third-order valence-corrected chi connectivity index (χ3v) is 5.45. The standard InChI is InChI=1S/C22H22FN7O/c1-13-10-30(11-14(2)27-13)18-4-3-16(19-20(18)25-6-5-24-19)22(31)28-15-9-17(23)21-26-7-8-29(21)12-15/h3-9,12-14,27H,10-11H2,1-2H3,(H,28,31)/t13-,14-/m0/s1. The number of rotatable bonds is 3. The highest BCUT2D eigenvalue weighted by molar-refractivity contribution is 6.13. The van der Waals surface area contributed by atoms with Crippen molar-refractivity contribution in [2.75, 3.05) is 23.3 Å². The van der Waals surface area contributed by atoms with Gasteiger partial charge in [-0.15, -0.1) is 0 Å². The molecule has 2 N–H and O–H groups in total. The Hall–Kier alpha value is -3.59. The normalized spacial score (nSPS) is 19.1. The summed E-state index contributed by atoms with van der Waals surface area (Å²) in [5.74, 6) is -0.886. The molecule has 1 aliphatic heterocycles. The van der Waals surface area contributed by atoms with E-state index in [9.17, 15) is 9.18 Å². The van der Waals surface area contributed by atoms with E-state index in [-0.39, 0.29) is 11.6 Å². The summed E-state index contributed by atoms with van der Waals surface area (Å²) in [6, 6.07) is 5.60. The predicted molar refractivity (Wildman–Crippen MR) is 117 cm³/mol. The van der Waals surface area contributed by atoms with Gasteiger partial charge in [0.15, 0.2) is 11.5 Å². The van der Waals surface area contributed by atoms with E-state index in [1.165, 1.54) is 16.7 Å². The van der Waals surface area contributed by atoms with Crippen molar-refractivity contribution in [2.45, 2.75) is 25.9 Å². The lowest BCUT2D eigenvalue weighted by Crippen LogP contribution is -2.54. The summed E-state index contributed by atoms with van der Waals surface area (Å²) in [5.41, 5.74) is 3.06. The number of benzene rings is 1. The Morgan fingerprint density at radius 3 is 2.61 bits per heavy atom. The van der Waals surface area contributed by atoms with Gasteiger partial charge in [0.1, 0.15) is 11.0 Å². The van der Waals surface area contributed by atoms with Gasteiger partial charge >= 0.3 is 0 Å². The summed E-state index contributed by atoms with van der Waals surface area (Å²) in [7, 11) is 0. The topological polar surface area (TPSA) is 87.5 Å². The van der Waals surface area contributed by atoms with Crippen LogP contribution in [-0.4, -0.2) is 50.4 Å². The molecule has 9 heteroatoms. The summed E-state index contributed by atoms with van der Waals surface area (Å²) in [6.45, 7) is 5.97. The smallest absolute Gasteiger partial charge is 0.257 e. The molecule has 4 aromatic rings. The molecule has 1 amide bonds. The van der Waals surface area contributed by atoms with E-state index in [2.05, 4.69) is 44.3 Å². The molecule has 4 heterocycles. The van der Waals surface area contributed by atoms with E-state index in [0.717, 1.165) is 18.8 Å². The van der Waals surface area contributed by atoms with Crippen LogP contribution in [0.25, 0.3) is 16.7 Å². The zero-order valence-corrected chi connectivity index (χ0v) is 17.2. The van der Waals surface area contributed by atoms with Crippen LogP contribution in [0.1, 0.15) is 24.2 Å². The second-order valence-electron chi connectivity index (χ2n) is 7.95. The first-order valence-corrected chi connectivity index (χ1v) is 10.2. The second kappa shape index (κ2) is 7.59. The van der Waals surface area contributed by atoms with E-state index in [0.29, 0.717) is 34.4 Å². The molecular weight excluding hydrogens is 397 g/mol. The van der Waals surface area contributed by atoms with Crippen molar-refractivity contribution in [1.82, 2.24) is 24.7 Å². The molecular formula is C22H22FN7O. The predicted octanol–water partition coefficient (Wildman–Crippen LogP) is 2.86. The summed E-state index contributed by atoms with van der Waals surface area (Å²) < 4.78 is 15.8. The molecule has 0 saturated carbocycles. The summed E-state index contributed by atoms with van der Waals surface area (Å²) in [6.07, 6.45) is 7.95. The molecule has 1 saturated heterocycles. The van der Waals surface area contributed by atoms with Crippen LogP contribution in [0.4, 0.5) is 15.8 Å². The van der Waals surface area contributed by atoms with Gasteiger partial charge in [0.2, 0.25) is 0 Å². The summed E-state index contributed by atoms with van der Waals surface area (Å²) in [5, 5.41) is 6.29. The third kappa shape index (κ3) is 3.57. The Bertz CT molecular complexity index is 1280. The minimum absolute atomic E-state index is 0.207. The van der Waals surface area contributed by atoms with Crippen molar-refractivity contribution in [3.63, 3.8) is 0 Å². The largest absolute Gasteiger partial charge is 0.367 e. The van der Waals surface area contributed by atoms with Crippen LogP contribution in [0.2, 0.25) is 0 Å². The molecule has 1 aliphatic rings. The fourth-order valence-electron chi connectivity index (χ4n) is 4.26. The Morgan fingerprint density at radius 2 is 1.84 bits per heavy atom. The van der Waals surface area contributed by atoms with Gasteiger partial charge in [-0.25, -0.2) is 9.37 Å². The minimum Gasteiger partial charge on any atom is -0.367 e. The maximum atomic E-state index is 14.2. The van der Waals surface area contributed by atoms with E-state index in [1.807, 2.05) is 6.07 Å². The van der Waals surface area contributed by atoms with Crippen LogP contribution in [0.3, 0.4) is 0 Å². The van der Waals surface area contributed by atoms with Crippen molar-refractivity contribution in [3.05, 3.63) is 60.6 Å². The number of fused-ring (bicyclic) bond motifs is 2. The number of carbonyl (C=O) groups is 1. The molecule has 1 fully saturated rings. The molecule has 0 bridgehead atoms. The highest BCUT2D eigenvalue weighted by Crippen LogP contribution is 2.28. The second-order valence-corrected chi connectivity index (χ2v) is 7.95. The highest BCUT2D eigenvalue weighted by Gasteiger charge is 2.24. The van der Waals surface area contributed by atoms with E-state index >= 15 is 0 Å². The number of carbonyl (C=O) groups excluding carboxylic acids is 1. The number of aromatic nitrogens is 4. The molecule has 0 spiro atoms. The third-order valence-electron chi connectivity index (χ3n) is 5.45. The molecule has 1 aromatic carbocycles. The van der Waals surface area contributed by atoms with E-state index < -0.39 is 5.82 Å². The fourth-order valence-corrected chi connectivity index (χ4v) is 4.26. The number of hydrogen-bond acceptors (Lipinski definition) is 6. The lowest BCUT2D eigenvalue weighted by Gasteiger charge is -2.38. The lowest BCUT2D eigenvalue weighted by atomic mass is 10.1. The zero-order valence-electron chi connectivity index (χ0n) is 17.2. The lowest BCUT2D eigenvalue weighted by molar-refractivity contribution is 0.102. The number of imidazole rings is 1. The molecule has 8 nitrogen and oxygen atoms in total. The van der Waals surface area contributed by atoms with Crippen LogP contribution in [-0.2, 0) is 0 Å². The quantitative estimate of drug-likeness (QED) is 0.531. The Balaban J connectivity index is 1.50. The number of amides is 1. The molecule has 0 unspecified atom stereocenters. The number of pyridine rings is 1. The molecule has 5 rings (SSSR count). The maximum Gasteiger partial charge on any atom is 0.257 e. The number of halogens is 1. The Morgan fingerprint density at radius 1 is 1.10 bits per heavy atom. The molecule has 158 valence electrons. The van der Waals surface area contributed by atoms with Crippen LogP contribution in [0.15, 0.2) is 49.2 Å². The number of piperazine rings is 1. The number of hydrogen-bond donors (Lipinski definition) is 2. The maximum absolute atomic E-state index is 14.2. The van der Waals surface area contributed by atoms with Gasteiger partial charge in [-0.1, -0.05) is 0 Å². The molecule has 3 aromatic heterocycles. The first-order chi connectivity index (χ1) is 15.0. The van der Waals surface area contributed by atoms with Crippen molar-refractivity contribution in [2.24, 2.45) is 0 Å². The summed E-state index contributed by atoms with van der Waals surface area (Å²) >= 11 is 0. The zero-order chi connectivity index (χ0) is 21.5. The van der Waals surface area contributed by atoms with Crippen LogP contribution in [0, 0.1) is 5.82 Å². The van der Waals surface area contributed by atoms with Crippen molar-refractivity contribution < 1.29 is 9.18 Å². The van der Waals surface area contributed by atoms with Crippen molar-refractivity contribution >= 4 is 34.0 Å². The number of nitrogens with zero attached hydrogens (tertiary/aromatic N) is 5. The van der Waals surface area contributed by atoms with E-state index in [4.69, 9.17) is 0 Å². The highest BCUT2D eigenvalue weighted by atomic mass is 19.1. The SMILES string of the molecule is C[C@H]1CN(c2ccc(C(=O)Nc3cc(F)c4nccn4c3)c3nccnc23)C[C@H](C)N1. The molecule has 0 aliphatic carbocycles. The van der Waals surface area contributed by atoms with Crippen LogP contribution >= 0.6 is 0 Å². The van der Waals surface area contributed by atoms with Gasteiger partial charge in [-0.2, -0.15) is 0 Å². The fraction of sp³-hybridized carbons (Fsp3) is 0.273. The Kier molecular flexibility index (Phi) is 4.74.